The Morgan fingerprint density at radius 1 is 1.14 bits per heavy atom. The van der Waals surface area contributed by atoms with Crippen molar-refractivity contribution < 1.29 is 0 Å². The molecule has 2 rings (SSSR count). The zero-order valence-electron chi connectivity index (χ0n) is 13.9. The topological polar surface area (TPSA) is 29.9 Å². The number of benzene rings is 1. The summed E-state index contributed by atoms with van der Waals surface area (Å²) in [5, 5.41) is 9.77. The second-order valence-electron chi connectivity index (χ2n) is 6.21. The van der Waals surface area contributed by atoms with Crippen molar-refractivity contribution in [2.75, 3.05) is 6.54 Å². The minimum Gasteiger partial charge on any atom is -0.314 e. The fraction of sp³-hybridized carbons (Fsp3) is 0.611. The molecule has 0 aliphatic carbocycles. The first-order chi connectivity index (χ1) is 10.2. The van der Waals surface area contributed by atoms with Gasteiger partial charge in [-0.25, -0.2) is 0 Å². The van der Waals surface area contributed by atoms with Crippen molar-refractivity contribution in [2.45, 2.75) is 59.5 Å². The van der Waals surface area contributed by atoms with Crippen molar-refractivity contribution in [2.24, 2.45) is 5.92 Å². The highest BCUT2D eigenvalue weighted by Gasteiger charge is 2.15. The third kappa shape index (κ3) is 4.07. The number of para-hydroxylation sites is 1. The first kappa shape index (κ1) is 16.0. The van der Waals surface area contributed by atoms with Crippen molar-refractivity contribution in [3.63, 3.8) is 0 Å². The van der Waals surface area contributed by atoms with Gasteiger partial charge in [0.05, 0.1) is 11.2 Å². The van der Waals surface area contributed by atoms with E-state index >= 15 is 0 Å². The first-order valence-electron chi connectivity index (χ1n) is 8.33. The normalized spacial score (nSPS) is 13.2. The predicted octanol–water partition coefficient (Wildman–Crippen LogP) is 4.01. The molecule has 0 fully saturated rings. The lowest BCUT2D eigenvalue weighted by molar-refractivity contribution is 0.431. The highest BCUT2D eigenvalue weighted by Crippen LogP contribution is 2.21. The minimum absolute atomic E-state index is 0.529. The van der Waals surface area contributed by atoms with Crippen LogP contribution in [0.25, 0.3) is 10.9 Å². The van der Waals surface area contributed by atoms with E-state index in [-0.39, 0.29) is 0 Å². The van der Waals surface area contributed by atoms with Crippen LogP contribution in [-0.4, -0.2) is 22.4 Å². The Hall–Kier alpha value is -1.35. The molecule has 0 spiro atoms. The van der Waals surface area contributed by atoms with Crippen LogP contribution in [0.4, 0.5) is 0 Å². The number of hydrogen-bond donors (Lipinski definition) is 1. The Morgan fingerprint density at radius 3 is 2.57 bits per heavy atom. The Labute approximate surface area is 128 Å². The zero-order chi connectivity index (χ0) is 15.2. The van der Waals surface area contributed by atoms with Gasteiger partial charge in [-0.3, -0.25) is 4.68 Å². The van der Waals surface area contributed by atoms with Crippen molar-refractivity contribution in [1.82, 2.24) is 15.1 Å². The Morgan fingerprint density at radius 2 is 1.90 bits per heavy atom. The van der Waals surface area contributed by atoms with Crippen molar-refractivity contribution in [1.29, 1.82) is 0 Å². The summed E-state index contributed by atoms with van der Waals surface area (Å²) in [5.41, 5.74) is 2.50. The zero-order valence-corrected chi connectivity index (χ0v) is 13.9. The van der Waals surface area contributed by atoms with Crippen LogP contribution in [0.3, 0.4) is 0 Å². The monoisotopic (exact) mass is 287 g/mol. The van der Waals surface area contributed by atoms with Crippen LogP contribution in [0.2, 0.25) is 0 Å². The van der Waals surface area contributed by atoms with E-state index in [0.29, 0.717) is 6.04 Å². The van der Waals surface area contributed by atoms with Gasteiger partial charge in [0, 0.05) is 24.4 Å². The standard InChI is InChI=1S/C18H29N3/c1-5-19-15(12-11-14(3)4)13-17-16-9-7-8-10-18(16)21(6-2)20-17/h7-10,14-15,19H,5-6,11-13H2,1-4H3. The van der Waals surface area contributed by atoms with Gasteiger partial charge in [0.1, 0.15) is 0 Å². The summed E-state index contributed by atoms with van der Waals surface area (Å²) in [6.07, 6.45) is 3.51. The number of nitrogens with one attached hydrogen (secondary N) is 1. The molecule has 0 saturated carbocycles. The molecule has 116 valence electrons. The number of likely N-dealkylation sites (N-methyl/N-ethyl adjacent to an activating group) is 1. The molecule has 1 N–H and O–H groups in total. The molecule has 1 heterocycles. The van der Waals surface area contributed by atoms with Gasteiger partial charge in [-0.2, -0.15) is 5.10 Å². The average molecular weight is 287 g/mol. The molecule has 0 saturated heterocycles. The number of aryl methyl sites for hydroxylation is 1. The summed E-state index contributed by atoms with van der Waals surface area (Å²) >= 11 is 0. The molecule has 0 bridgehead atoms. The van der Waals surface area contributed by atoms with Crippen LogP contribution in [0.5, 0.6) is 0 Å². The largest absolute Gasteiger partial charge is 0.314 e. The summed E-state index contributed by atoms with van der Waals surface area (Å²) in [4.78, 5) is 0. The van der Waals surface area contributed by atoms with Gasteiger partial charge in [0.25, 0.3) is 0 Å². The first-order valence-corrected chi connectivity index (χ1v) is 8.33. The van der Waals surface area contributed by atoms with Gasteiger partial charge < -0.3 is 5.32 Å². The van der Waals surface area contributed by atoms with E-state index in [9.17, 15) is 0 Å². The summed E-state index contributed by atoms with van der Waals surface area (Å²) in [5.74, 6) is 0.760. The Bertz CT molecular complexity index is 557. The smallest absolute Gasteiger partial charge is 0.0718 e. The highest BCUT2D eigenvalue weighted by atomic mass is 15.3. The highest BCUT2D eigenvalue weighted by molar-refractivity contribution is 5.82. The molecule has 0 aliphatic rings. The molecular formula is C18H29N3. The van der Waals surface area contributed by atoms with Gasteiger partial charge in [0.15, 0.2) is 0 Å². The van der Waals surface area contributed by atoms with Gasteiger partial charge >= 0.3 is 0 Å². The van der Waals surface area contributed by atoms with E-state index in [0.717, 1.165) is 25.4 Å². The average Bonchev–Trinajstić information content (AvgIpc) is 2.83. The molecule has 1 aromatic heterocycles. The summed E-state index contributed by atoms with van der Waals surface area (Å²) in [6, 6.07) is 9.12. The Balaban J connectivity index is 2.19. The maximum Gasteiger partial charge on any atom is 0.0718 e. The molecule has 1 unspecified atom stereocenters. The number of hydrogen-bond acceptors (Lipinski definition) is 2. The van der Waals surface area contributed by atoms with Crippen LogP contribution in [-0.2, 0) is 13.0 Å². The van der Waals surface area contributed by atoms with Crippen LogP contribution in [0.1, 0.15) is 46.2 Å². The quantitative estimate of drug-likeness (QED) is 0.795. The maximum atomic E-state index is 4.83. The molecular weight excluding hydrogens is 258 g/mol. The lowest BCUT2D eigenvalue weighted by Gasteiger charge is -2.18. The van der Waals surface area contributed by atoms with Crippen LogP contribution < -0.4 is 5.32 Å². The third-order valence-electron chi connectivity index (χ3n) is 4.06. The SMILES string of the molecule is CCNC(CCC(C)C)Cc1nn(CC)c2ccccc12. The number of nitrogens with zero attached hydrogens (tertiary/aromatic N) is 2. The van der Waals surface area contributed by atoms with Crippen molar-refractivity contribution >= 4 is 10.9 Å². The summed E-state index contributed by atoms with van der Waals surface area (Å²) in [6.45, 7) is 10.9. The molecule has 21 heavy (non-hydrogen) atoms. The second-order valence-corrected chi connectivity index (χ2v) is 6.21. The molecule has 0 aliphatic heterocycles. The van der Waals surface area contributed by atoms with Crippen LogP contribution in [0.15, 0.2) is 24.3 Å². The summed E-state index contributed by atoms with van der Waals surface area (Å²) < 4.78 is 2.12. The second kappa shape index (κ2) is 7.60. The van der Waals surface area contributed by atoms with Crippen LogP contribution in [0, 0.1) is 5.92 Å². The molecule has 3 nitrogen and oxygen atoms in total. The molecule has 3 heteroatoms. The fourth-order valence-corrected chi connectivity index (χ4v) is 2.92. The van der Waals surface area contributed by atoms with E-state index in [4.69, 9.17) is 5.10 Å². The molecule has 1 aromatic carbocycles. The number of fused-ring (bicyclic) bond motifs is 1. The minimum atomic E-state index is 0.529. The van der Waals surface area contributed by atoms with Crippen molar-refractivity contribution in [3.8, 4) is 0 Å². The predicted molar refractivity (Wildman–Crippen MR) is 90.6 cm³/mol. The Kier molecular flexibility index (Phi) is 5.80. The molecule has 0 radical (unpaired) electrons. The van der Waals surface area contributed by atoms with Crippen LogP contribution >= 0.6 is 0 Å². The lowest BCUT2D eigenvalue weighted by atomic mass is 9.99. The number of rotatable bonds is 8. The van der Waals surface area contributed by atoms with Gasteiger partial charge in [0.2, 0.25) is 0 Å². The van der Waals surface area contributed by atoms with E-state index in [2.05, 4.69) is 62.0 Å². The third-order valence-corrected chi connectivity index (χ3v) is 4.06. The van der Waals surface area contributed by atoms with Gasteiger partial charge in [-0.1, -0.05) is 39.0 Å². The van der Waals surface area contributed by atoms with Gasteiger partial charge in [-0.05, 0) is 38.3 Å². The number of aromatic nitrogens is 2. The lowest BCUT2D eigenvalue weighted by Crippen LogP contribution is -2.31. The molecule has 0 amide bonds. The maximum absolute atomic E-state index is 4.83. The van der Waals surface area contributed by atoms with E-state index in [1.807, 2.05) is 0 Å². The van der Waals surface area contributed by atoms with E-state index in [1.165, 1.54) is 29.4 Å². The van der Waals surface area contributed by atoms with E-state index in [1.54, 1.807) is 0 Å². The van der Waals surface area contributed by atoms with Crippen molar-refractivity contribution in [3.05, 3.63) is 30.0 Å². The van der Waals surface area contributed by atoms with E-state index < -0.39 is 0 Å². The molecule has 1 atom stereocenters. The summed E-state index contributed by atoms with van der Waals surface area (Å²) in [7, 11) is 0. The van der Waals surface area contributed by atoms with Gasteiger partial charge in [-0.15, -0.1) is 0 Å². The fourth-order valence-electron chi connectivity index (χ4n) is 2.92. The molecule has 2 aromatic rings.